The van der Waals surface area contributed by atoms with Crippen LogP contribution in [0.4, 0.5) is 5.69 Å². The molecule has 106 valence electrons. The molecule has 2 aromatic rings. The molecule has 0 radical (unpaired) electrons. The van der Waals surface area contributed by atoms with E-state index < -0.39 is 0 Å². The highest BCUT2D eigenvalue weighted by molar-refractivity contribution is 6.17. The van der Waals surface area contributed by atoms with Crippen LogP contribution in [0, 0.1) is 0 Å². The fourth-order valence-electron chi connectivity index (χ4n) is 2.20. The lowest BCUT2D eigenvalue weighted by Gasteiger charge is -2.09. The van der Waals surface area contributed by atoms with Crippen LogP contribution in [0.5, 0.6) is 0 Å². The molecule has 0 saturated carbocycles. The molecule has 0 amide bonds. The van der Waals surface area contributed by atoms with Gasteiger partial charge in [-0.05, 0) is 48.1 Å². The second-order valence-corrected chi connectivity index (χ2v) is 5.39. The van der Waals surface area contributed by atoms with Crippen molar-refractivity contribution in [3.05, 3.63) is 65.2 Å². The molecule has 0 aliphatic carbocycles. The Hall–Kier alpha value is -1.47. The van der Waals surface area contributed by atoms with E-state index in [4.69, 9.17) is 11.6 Å². The zero-order valence-corrected chi connectivity index (χ0v) is 12.8. The Morgan fingerprint density at radius 1 is 0.950 bits per heavy atom. The standard InChI is InChI=1S/C18H22ClN/c1-2-15-8-10-17(11-9-15)14-20-18-7-3-5-16(13-18)6-4-12-19/h3,5,7-11,13,20H,2,4,6,12,14H2,1H3. The SMILES string of the molecule is CCc1ccc(CNc2cccc(CCCCl)c2)cc1. The molecule has 2 heteroatoms. The number of anilines is 1. The van der Waals surface area contributed by atoms with Crippen LogP contribution in [0.2, 0.25) is 0 Å². The van der Waals surface area contributed by atoms with Crippen molar-refractivity contribution in [1.29, 1.82) is 0 Å². The average molecular weight is 288 g/mol. The summed E-state index contributed by atoms with van der Waals surface area (Å²) in [6.45, 7) is 3.04. The van der Waals surface area contributed by atoms with Gasteiger partial charge in [-0.2, -0.15) is 0 Å². The Morgan fingerprint density at radius 2 is 1.70 bits per heavy atom. The van der Waals surface area contributed by atoms with Crippen molar-refractivity contribution in [1.82, 2.24) is 0 Å². The molecule has 0 aromatic heterocycles. The quantitative estimate of drug-likeness (QED) is 0.704. The van der Waals surface area contributed by atoms with Gasteiger partial charge in [0.2, 0.25) is 0 Å². The average Bonchev–Trinajstić information content (AvgIpc) is 2.52. The smallest absolute Gasteiger partial charge is 0.0400 e. The van der Waals surface area contributed by atoms with Crippen LogP contribution < -0.4 is 5.32 Å². The Labute approximate surface area is 127 Å². The summed E-state index contributed by atoms with van der Waals surface area (Å²) in [5.41, 5.74) is 5.22. The van der Waals surface area contributed by atoms with Gasteiger partial charge in [0.15, 0.2) is 0 Å². The molecule has 0 aliphatic heterocycles. The third kappa shape index (κ3) is 4.57. The molecule has 1 nitrogen and oxygen atoms in total. The number of halogens is 1. The number of hydrogen-bond donors (Lipinski definition) is 1. The maximum Gasteiger partial charge on any atom is 0.0400 e. The first-order valence-electron chi connectivity index (χ1n) is 7.28. The van der Waals surface area contributed by atoms with Crippen molar-refractivity contribution >= 4 is 17.3 Å². The Morgan fingerprint density at radius 3 is 2.40 bits per heavy atom. The summed E-state index contributed by atoms with van der Waals surface area (Å²) >= 11 is 5.74. The first-order valence-corrected chi connectivity index (χ1v) is 7.82. The van der Waals surface area contributed by atoms with Gasteiger partial charge in [0.25, 0.3) is 0 Å². The maximum atomic E-state index is 5.74. The topological polar surface area (TPSA) is 12.0 Å². The minimum atomic E-state index is 0.724. The minimum absolute atomic E-state index is 0.724. The van der Waals surface area contributed by atoms with Gasteiger partial charge in [-0.3, -0.25) is 0 Å². The molecule has 0 bridgehead atoms. The van der Waals surface area contributed by atoms with Gasteiger partial charge in [-0.25, -0.2) is 0 Å². The van der Waals surface area contributed by atoms with Crippen LogP contribution in [0.25, 0.3) is 0 Å². The van der Waals surface area contributed by atoms with E-state index in [1.807, 2.05) is 0 Å². The lowest BCUT2D eigenvalue weighted by molar-refractivity contribution is 0.928. The fourth-order valence-corrected chi connectivity index (χ4v) is 2.34. The van der Waals surface area contributed by atoms with E-state index in [1.165, 1.54) is 22.4 Å². The van der Waals surface area contributed by atoms with Crippen molar-refractivity contribution < 1.29 is 0 Å². The zero-order chi connectivity index (χ0) is 14.2. The molecular formula is C18H22ClN. The number of nitrogens with one attached hydrogen (secondary N) is 1. The number of rotatable bonds is 7. The summed E-state index contributed by atoms with van der Waals surface area (Å²) in [6.07, 6.45) is 3.17. The highest BCUT2D eigenvalue weighted by Crippen LogP contribution is 2.14. The molecule has 2 rings (SSSR count). The monoisotopic (exact) mass is 287 g/mol. The minimum Gasteiger partial charge on any atom is -0.381 e. The number of aryl methyl sites for hydroxylation is 2. The second-order valence-electron chi connectivity index (χ2n) is 5.02. The van der Waals surface area contributed by atoms with Gasteiger partial charge >= 0.3 is 0 Å². The van der Waals surface area contributed by atoms with Crippen LogP contribution in [0.1, 0.15) is 30.0 Å². The maximum absolute atomic E-state index is 5.74. The summed E-state index contributed by atoms with van der Waals surface area (Å²) < 4.78 is 0. The molecule has 1 N–H and O–H groups in total. The molecule has 0 fully saturated rings. The fraction of sp³-hybridized carbons (Fsp3) is 0.333. The summed E-state index contributed by atoms with van der Waals surface area (Å²) in [7, 11) is 0. The number of alkyl halides is 1. The van der Waals surface area contributed by atoms with E-state index in [0.29, 0.717) is 0 Å². The van der Waals surface area contributed by atoms with Crippen molar-refractivity contribution in [2.24, 2.45) is 0 Å². The van der Waals surface area contributed by atoms with E-state index in [2.05, 4.69) is 60.8 Å². The summed E-state index contributed by atoms with van der Waals surface area (Å²) in [5, 5.41) is 3.48. The van der Waals surface area contributed by atoms with Crippen LogP contribution in [0.3, 0.4) is 0 Å². The lowest BCUT2D eigenvalue weighted by Crippen LogP contribution is -2.00. The van der Waals surface area contributed by atoms with Gasteiger partial charge in [0.1, 0.15) is 0 Å². The number of hydrogen-bond acceptors (Lipinski definition) is 1. The summed E-state index contributed by atoms with van der Waals surface area (Å²) in [6, 6.07) is 17.4. The Kier molecular flexibility index (Phi) is 5.94. The molecule has 0 heterocycles. The van der Waals surface area contributed by atoms with Crippen LogP contribution in [0.15, 0.2) is 48.5 Å². The van der Waals surface area contributed by atoms with Gasteiger partial charge in [0.05, 0.1) is 0 Å². The van der Waals surface area contributed by atoms with Crippen LogP contribution in [-0.4, -0.2) is 5.88 Å². The molecule has 0 atom stereocenters. The molecule has 2 aromatic carbocycles. The predicted molar refractivity (Wildman–Crippen MR) is 88.6 cm³/mol. The van der Waals surface area contributed by atoms with Crippen molar-refractivity contribution in [3.8, 4) is 0 Å². The van der Waals surface area contributed by atoms with E-state index in [0.717, 1.165) is 31.7 Å². The molecule has 0 aliphatic rings. The van der Waals surface area contributed by atoms with E-state index in [-0.39, 0.29) is 0 Å². The highest BCUT2D eigenvalue weighted by Gasteiger charge is 1.97. The van der Waals surface area contributed by atoms with E-state index in [1.54, 1.807) is 0 Å². The molecule has 0 unspecified atom stereocenters. The third-order valence-corrected chi connectivity index (χ3v) is 3.72. The van der Waals surface area contributed by atoms with Gasteiger partial charge < -0.3 is 5.32 Å². The van der Waals surface area contributed by atoms with Crippen molar-refractivity contribution in [3.63, 3.8) is 0 Å². The van der Waals surface area contributed by atoms with Gasteiger partial charge in [-0.1, -0.05) is 43.3 Å². The Bertz CT molecular complexity index is 519. The van der Waals surface area contributed by atoms with Crippen molar-refractivity contribution in [2.75, 3.05) is 11.2 Å². The first kappa shape index (κ1) is 14.9. The second kappa shape index (κ2) is 7.96. The molecular weight excluding hydrogens is 266 g/mol. The molecule has 0 saturated heterocycles. The highest BCUT2D eigenvalue weighted by atomic mass is 35.5. The lowest BCUT2D eigenvalue weighted by atomic mass is 10.1. The third-order valence-electron chi connectivity index (χ3n) is 3.45. The first-order chi connectivity index (χ1) is 9.81. The Balaban J connectivity index is 1.92. The van der Waals surface area contributed by atoms with Crippen LogP contribution >= 0.6 is 11.6 Å². The van der Waals surface area contributed by atoms with E-state index in [9.17, 15) is 0 Å². The normalized spacial score (nSPS) is 10.5. The summed E-state index contributed by atoms with van der Waals surface area (Å²) in [5.74, 6) is 0.724. The van der Waals surface area contributed by atoms with E-state index >= 15 is 0 Å². The van der Waals surface area contributed by atoms with Gasteiger partial charge in [-0.15, -0.1) is 11.6 Å². The summed E-state index contributed by atoms with van der Waals surface area (Å²) in [4.78, 5) is 0. The van der Waals surface area contributed by atoms with Crippen LogP contribution in [-0.2, 0) is 19.4 Å². The largest absolute Gasteiger partial charge is 0.381 e. The zero-order valence-electron chi connectivity index (χ0n) is 12.0. The van der Waals surface area contributed by atoms with Crippen molar-refractivity contribution in [2.45, 2.75) is 32.7 Å². The predicted octanol–water partition coefficient (Wildman–Crippen LogP) is 5.03. The molecule has 20 heavy (non-hydrogen) atoms. The van der Waals surface area contributed by atoms with Gasteiger partial charge in [0, 0.05) is 18.1 Å². The number of benzene rings is 2. The molecule has 0 spiro atoms.